The Morgan fingerprint density at radius 2 is 1.73 bits per heavy atom. The molecule has 1 aliphatic heterocycles. The van der Waals surface area contributed by atoms with Gasteiger partial charge < -0.3 is 10.2 Å². The van der Waals surface area contributed by atoms with Crippen molar-refractivity contribution in [2.75, 3.05) is 0 Å². The molecule has 1 fully saturated rings. The molecule has 1 heterocycles. The van der Waals surface area contributed by atoms with Crippen LogP contribution in [0.3, 0.4) is 0 Å². The number of phenolic OH excluding ortho intramolecular Hbond substituents is 2. The molecule has 26 heavy (non-hydrogen) atoms. The summed E-state index contributed by atoms with van der Waals surface area (Å²) in [6.45, 7) is 0.151. The molecule has 3 rings (SSSR count). The molecule has 0 bridgehead atoms. The van der Waals surface area contributed by atoms with Gasteiger partial charge in [0.15, 0.2) is 0 Å². The lowest BCUT2D eigenvalue weighted by molar-refractivity contribution is -0.123. The number of hydrogen-bond acceptors (Lipinski definition) is 5. The van der Waals surface area contributed by atoms with E-state index in [9.17, 15) is 19.8 Å². The van der Waals surface area contributed by atoms with Gasteiger partial charge in [0.25, 0.3) is 11.1 Å². The van der Waals surface area contributed by atoms with Gasteiger partial charge in [0.1, 0.15) is 16.0 Å². The molecule has 0 aromatic heterocycles. The van der Waals surface area contributed by atoms with Crippen molar-refractivity contribution in [2.45, 2.75) is 6.54 Å². The molecule has 2 N–H and O–H groups in total. The van der Waals surface area contributed by atoms with Gasteiger partial charge in [0.05, 0.1) is 15.9 Å². The Labute approximate surface area is 178 Å². The fraction of sp³-hybridized carbons (Fsp3) is 0.0588. The van der Waals surface area contributed by atoms with E-state index in [1.165, 1.54) is 12.1 Å². The predicted molar refractivity (Wildman–Crippen MR) is 111 cm³/mol. The molecule has 9 heteroatoms. The second-order valence-corrected chi connectivity index (χ2v) is 8.81. The van der Waals surface area contributed by atoms with Crippen LogP contribution >= 0.6 is 59.6 Å². The zero-order chi connectivity index (χ0) is 19.0. The van der Waals surface area contributed by atoms with Crippen LogP contribution in [0.2, 0.25) is 0 Å². The summed E-state index contributed by atoms with van der Waals surface area (Å²) in [5.74, 6) is -0.805. The average molecular weight is 564 g/mol. The van der Waals surface area contributed by atoms with Crippen molar-refractivity contribution in [1.29, 1.82) is 0 Å². The number of benzene rings is 2. The molecule has 0 atom stereocenters. The summed E-state index contributed by atoms with van der Waals surface area (Å²) in [5, 5.41) is 19.6. The van der Waals surface area contributed by atoms with E-state index in [0.717, 1.165) is 26.7 Å². The molecule has 0 unspecified atom stereocenters. The third-order valence-corrected chi connectivity index (χ3v) is 6.68. The summed E-state index contributed by atoms with van der Waals surface area (Å²) in [6, 6.07) is 8.82. The Kier molecular flexibility index (Phi) is 5.81. The summed E-state index contributed by atoms with van der Waals surface area (Å²) in [4.78, 5) is 26.2. The van der Waals surface area contributed by atoms with Crippen molar-refractivity contribution < 1.29 is 19.8 Å². The maximum atomic E-state index is 12.6. The number of thioether (sulfide) groups is 1. The van der Waals surface area contributed by atoms with Gasteiger partial charge in [-0.25, -0.2) is 0 Å². The zero-order valence-electron chi connectivity index (χ0n) is 12.9. The van der Waals surface area contributed by atoms with Crippen LogP contribution < -0.4 is 0 Å². The van der Waals surface area contributed by atoms with Gasteiger partial charge in [-0.05, 0) is 67.4 Å². The van der Waals surface area contributed by atoms with Crippen LogP contribution in [0.1, 0.15) is 11.1 Å². The summed E-state index contributed by atoms with van der Waals surface area (Å²) >= 11 is 10.5. The van der Waals surface area contributed by atoms with Crippen molar-refractivity contribution in [1.82, 2.24) is 4.90 Å². The van der Waals surface area contributed by atoms with Gasteiger partial charge in [-0.3, -0.25) is 14.5 Å². The standard InChI is InChI=1S/C17H10Br3NO4S/c18-10-4-2-1-3-8(10)7-21-16(24)12(26-17(21)25)6-9-5-11(19)15(23)13(20)14(9)22/h1-6,22-23H,7H2/b12-6-. The number of carbonyl (C=O) groups is 2. The number of halogens is 3. The number of imide groups is 1. The van der Waals surface area contributed by atoms with Gasteiger partial charge in [-0.15, -0.1) is 0 Å². The Balaban J connectivity index is 1.92. The van der Waals surface area contributed by atoms with Gasteiger partial charge in [-0.1, -0.05) is 34.1 Å². The molecular weight excluding hydrogens is 554 g/mol. The van der Waals surface area contributed by atoms with E-state index >= 15 is 0 Å². The normalized spacial score (nSPS) is 16.0. The Hall–Kier alpha value is -1.29. The Bertz CT molecular complexity index is 961. The predicted octanol–water partition coefficient (Wildman–Crippen LogP) is 5.62. The molecule has 134 valence electrons. The smallest absolute Gasteiger partial charge is 0.293 e. The van der Waals surface area contributed by atoms with Crippen molar-refractivity contribution in [3.63, 3.8) is 0 Å². The van der Waals surface area contributed by atoms with E-state index in [2.05, 4.69) is 47.8 Å². The number of amides is 2. The van der Waals surface area contributed by atoms with E-state index in [1.807, 2.05) is 24.3 Å². The van der Waals surface area contributed by atoms with E-state index in [0.29, 0.717) is 10.0 Å². The molecule has 2 amide bonds. The van der Waals surface area contributed by atoms with Crippen LogP contribution in [0, 0.1) is 0 Å². The third-order valence-electron chi connectivity index (χ3n) is 3.64. The van der Waals surface area contributed by atoms with Crippen molar-refractivity contribution in [3.8, 4) is 11.5 Å². The van der Waals surface area contributed by atoms with E-state index in [-0.39, 0.29) is 32.7 Å². The zero-order valence-corrected chi connectivity index (χ0v) is 18.4. The van der Waals surface area contributed by atoms with Crippen LogP contribution in [-0.2, 0) is 11.3 Å². The minimum absolute atomic E-state index is 0.102. The molecule has 0 aliphatic carbocycles. The summed E-state index contributed by atoms with van der Waals surface area (Å²) in [6.07, 6.45) is 1.43. The molecule has 0 spiro atoms. The van der Waals surface area contributed by atoms with Gasteiger partial charge in [0, 0.05) is 10.0 Å². The maximum absolute atomic E-state index is 12.6. The van der Waals surface area contributed by atoms with Crippen LogP contribution in [0.5, 0.6) is 11.5 Å². The van der Waals surface area contributed by atoms with Crippen LogP contribution in [0.15, 0.2) is 48.7 Å². The van der Waals surface area contributed by atoms with Crippen molar-refractivity contribution in [3.05, 3.63) is 59.8 Å². The van der Waals surface area contributed by atoms with Crippen LogP contribution in [-0.4, -0.2) is 26.3 Å². The van der Waals surface area contributed by atoms with Gasteiger partial charge >= 0.3 is 0 Å². The summed E-state index contributed by atoms with van der Waals surface area (Å²) < 4.78 is 1.26. The topological polar surface area (TPSA) is 77.8 Å². The SMILES string of the molecule is O=C1S/C(=C\c2cc(Br)c(O)c(Br)c2O)C(=O)N1Cc1ccccc1Br. The first kappa shape index (κ1) is 19.5. The molecule has 1 saturated heterocycles. The maximum Gasteiger partial charge on any atom is 0.293 e. The fourth-order valence-electron chi connectivity index (χ4n) is 2.30. The lowest BCUT2D eigenvalue weighted by atomic mass is 10.1. The second-order valence-electron chi connectivity index (χ2n) is 5.32. The molecule has 0 saturated carbocycles. The second kappa shape index (κ2) is 7.75. The van der Waals surface area contributed by atoms with Crippen molar-refractivity contribution in [2.24, 2.45) is 0 Å². The first-order valence-electron chi connectivity index (χ1n) is 7.18. The number of carbonyl (C=O) groups excluding carboxylic acids is 2. The monoisotopic (exact) mass is 561 g/mol. The van der Waals surface area contributed by atoms with Gasteiger partial charge in [0.2, 0.25) is 0 Å². The van der Waals surface area contributed by atoms with Gasteiger partial charge in [-0.2, -0.15) is 0 Å². The number of rotatable bonds is 3. The first-order chi connectivity index (χ1) is 12.3. The van der Waals surface area contributed by atoms with E-state index < -0.39 is 5.91 Å². The Morgan fingerprint density at radius 3 is 2.42 bits per heavy atom. The first-order valence-corrected chi connectivity index (χ1v) is 10.4. The number of phenols is 2. The Morgan fingerprint density at radius 1 is 1.04 bits per heavy atom. The van der Waals surface area contributed by atoms with Crippen molar-refractivity contribution >= 4 is 76.8 Å². The molecular formula is C17H10Br3NO4S. The minimum atomic E-state index is -0.435. The fourth-order valence-corrected chi connectivity index (χ4v) is 4.69. The molecule has 0 radical (unpaired) electrons. The number of nitrogens with zero attached hydrogens (tertiary/aromatic N) is 1. The quantitative estimate of drug-likeness (QED) is 0.474. The van der Waals surface area contributed by atoms with E-state index in [4.69, 9.17) is 0 Å². The summed E-state index contributed by atoms with van der Waals surface area (Å²) in [5.41, 5.74) is 1.11. The van der Waals surface area contributed by atoms with Crippen LogP contribution in [0.25, 0.3) is 6.08 Å². The molecule has 5 nitrogen and oxygen atoms in total. The number of aromatic hydroxyl groups is 2. The van der Waals surface area contributed by atoms with Crippen LogP contribution in [0.4, 0.5) is 4.79 Å². The highest BCUT2D eigenvalue weighted by Gasteiger charge is 2.35. The number of hydrogen-bond donors (Lipinski definition) is 2. The van der Waals surface area contributed by atoms with E-state index in [1.54, 1.807) is 0 Å². The largest absolute Gasteiger partial charge is 0.506 e. The highest BCUT2D eigenvalue weighted by atomic mass is 79.9. The summed E-state index contributed by atoms with van der Waals surface area (Å²) in [7, 11) is 0. The highest BCUT2D eigenvalue weighted by Crippen LogP contribution is 2.43. The lowest BCUT2D eigenvalue weighted by Gasteiger charge is -2.13. The lowest BCUT2D eigenvalue weighted by Crippen LogP contribution is -2.27. The minimum Gasteiger partial charge on any atom is -0.506 e. The average Bonchev–Trinajstić information content (AvgIpc) is 2.87. The highest BCUT2D eigenvalue weighted by molar-refractivity contribution is 9.11. The third kappa shape index (κ3) is 3.71. The molecule has 1 aliphatic rings. The molecule has 2 aromatic rings. The molecule has 2 aromatic carbocycles.